The second-order valence-electron chi connectivity index (χ2n) is 11.5. The van der Waals surface area contributed by atoms with E-state index in [0.717, 1.165) is 17.7 Å². The fourth-order valence-corrected chi connectivity index (χ4v) is 6.70. The van der Waals surface area contributed by atoms with Gasteiger partial charge in [-0.2, -0.15) is 0 Å². The highest BCUT2D eigenvalue weighted by atomic mass is 32.2. The van der Waals surface area contributed by atoms with E-state index in [4.69, 9.17) is 9.47 Å². The van der Waals surface area contributed by atoms with Gasteiger partial charge in [0.25, 0.3) is 0 Å². The van der Waals surface area contributed by atoms with Gasteiger partial charge >= 0.3 is 12.1 Å². The maximum absolute atomic E-state index is 14.1. The number of carbonyl (C=O) groups is 2. The second-order valence-corrected chi connectivity index (χ2v) is 13.6. The molecule has 2 atom stereocenters. The highest BCUT2D eigenvalue weighted by molar-refractivity contribution is 7.89. The van der Waals surface area contributed by atoms with E-state index in [1.807, 2.05) is 19.9 Å². The first-order valence-electron chi connectivity index (χ1n) is 16.2. The van der Waals surface area contributed by atoms with Crippen LogP contribution in [0.2, 0.25) is 0 Å². The van der Waals surface area contributed by atoms with Gasteiger partial charge in [-0.3, -0.25) is 0 Å². The van der Waals surface area contributed by atoms with Gasteiger partial charge in [-0.05, 0) is 60.2 Å². The van der Waals surface area contributed by atoms with Crippen molar-refractivity contribution in [2.75, 3.05) is 39.0 Å². The number of ether oxygens (including phenoxy) is 2. The third-order valence-electron chi connectivity index (χ3n) is 7.52. The lowest BCUT2D eigenvalue weighted by molar-refractivity contribution is 0.0536. The Hall–Kier alpha value is -4.27. The van der Waals surface area contributed by atoms with Crippen LogP contribution in [-0.4, -0.2) is 86.0 Å². The first-order chi connectivity index (χ1) is 23.4. The molecule has 0 aliphatic heterocycles. The topological polar surface area (TPSA) is 138 Å². The van der Waals surface area contributed by atoms with Crippen molar-refractivity contribution in [3.05, 3.63) is 101 Å². The molecule has 3 aromatic carbocycles. The fraction of sp³-hybridized carbons (Fsp3) is 0.429. The number of nitrogens with zero attached hydrogens (tertiary/aromatic N) is 2. The molecular formula is C35H46F2N4O7S. The van der Waals surface area contributed by atoms with E-state index >= 15 is 0 Å². The van der Waals surface area contributed by atoms with Gasteiger partial charge in [-0.15, -0.1) is 0 Å². The zero-order chi connectivity index (χ0) is 35.8. The lowest BCUT2D eigenvalue weighted by Crippen LogP contribution is -2.53. The number of benzene rings is 3. The standard InChI is InChI=1S/C35H46F2N4O7S/c1-4-15-41(16-5-2)49(45,46)17-14-38-34(43)39-32(21-28-18-29(36)22-30(37)19-28)33(42)24-40(23-27-12-9-13-31(20-27)47-3)35(44)48-25-26-10-7-6-8-11-26/h6-13,18-20,22,32-33,42H,4-5,14-17,21,23-25H2,1-3H3,(H2,38,39,43). The number of sulfonamides is 1. The molecule has 3 amide bonds. The molecule has 0 heterocycles. The fourth-order valence-electron chi connectivity index (χ4n) is 5.16. The largest absolute Gasteiger partial charge is 0.497 e. The SMILES string of the molecule is CCCN(CCC)S(=O)(=O)CCNC(=O)NC(Cc1cc(F)cc(F)c1)C(O)CN(Cc1cccc(OC)c1)C(=O)OCc1ccccc1. The van der Waals surface area contributed by atoms with Gasteiger partial charge in [-0.25, -0.2) is 31.1 Å². The van der Waals surface area contributed by atoms with Crippen molar-refractivity contribution in [2.24, 2.45) is 0 Å². The highest BCUT2D eigenvalue weighted by Crippen LogP contribution is 2.18. The van der Waals surface area contributed by atoms with Crippen molar-refractivity contribution >= 4 is 22.1 Å². The summed E-state index contributed by atoms with van der Waals surface area (Å²) in [6.45, 7) is 3.88. The number of hydrogen-bond donors (Lipinski definition) is 3. The predicted molar refractivity (Wildman–Crippen MR) is 182 cm³/mol. The van der Waals surface area contributed by atoms with E-state index in [1.165, 1.54) is 16.3 Å². The summed E-state index contributed by atoms with van der Waals surface area (Å²) in [6.07, 6.45) is -1.14. The third kappa shape index (κ3) is 13.3. The van der Waals surface area contributed by atoms with E-state index in [9.17, 15) is 31.9 Å². The number of nitrogens with one attached hydrogen (secondary N) is 2. The minimum Gasteiger partial charge on any atom is -0.497 e. The molecule has 14 heteroatoms. The maximum atomic E-state index is 14.1. The Bertz CT molecular complexity index is 1570. The molecule has 0 saturated heterocycles. The van der Waals surface area contributed by atoms with Crippen molar-refractivity contribution < 1.29 is 41.4 Å². The molecule has 0 bridgehead atoms. The third-order valence-corrected chi connectivity index (χ3v) is 9.39. The van der Waals surface area contributed by atoms with Gasteiger partial charge < -0.3 is 30.1 Å². The van der Waals surface area contributed by atoms with Crippen LogP contribution in [0.5, 0.6) is 5.75 Å². The summed E-state index contributed by atoms with van der Waals surface area (Å²) in [7, 11) is -2.13. The molecule has 11 nitrogen and oxygen atoms in total. The van der Waals surface area contributed by atoms with E-state index in [0.29, 0.717) is 43.3 Å². The minimum atomic E-state index is -3.64. The lowest BCUT2D eigenvalue weighted by atomic mass is 10.0. The van der Waals surface area contributed by atoms with Gasteiger partial charge in [-0.1, -0.05) is 56.3 Å². The molecule has 0 aliphatic carbocycles. The van der Waals surface area contributed by atoms with Crippen molar-refractivity contribution in [3.63, 3.8) is 0 Å². The van der Waals surface area contributed by atoms with Gasteiger partial charge in [0.15, 0.2) is 0 Å². The first kappa shape index (κ1) is 39.2. The van der Waals surface area contributed by atoms with E-state index in [1.54, 1.807) is 48.5 Å². The van der Waals surface area contributed by atoms with Gasteiger partial charge in [0.1, 0.15) is 24.0 Å². The zero-order valence-corrected chi connectivity index (χ0v) is 28.9. The molecule has 0 fully saturated rings. The van der Waals surface area contributed by atoms with Crippen LogP contribution in [0, 0.1) is 11.6 Å². The van der Waals surface area contributed by atoms with Crippen LogP contribution in [0.1, 0.15) is 43.4 Å². The summed E-state index contributed by atoms with van der Waals surface area (Å²) < 4.78 is 66.1. The lowest BCUT2D eigenvalue weighted by Gasteiger charge is -2.30. The molecule has 0 saturated carbocycles. The second kappa shape index (κ2) is 19.7. The van der Waals surface area contributed by atoms with E-state index < -0.39 is 45.9 Å². The Morgan fingerprint density at radius 3 is 2.18 bits per heavy atom. The van der Waals surface area contributed by atoms with Crippen molar-refractivity contribution in [1.82, 2.24) is 19.8 Å². The molecule has 3 rings (SSSR count). The molecule has 3 aromatic rings. The predicted octanol–water partition coefficient (Wildman–Crippen LogP) is 4.84. The smallest absolute Gasteiger partial charge is 0.410 e. The molecule has 0 aromatic heterocycles. The number of aliphatic hydroxyl groups excluding tert-OH is 1. The average Bonchev–Trinajstić information content (AvgIpc) is 3.06. The number of halogens is 2. The zero-order valence-electron chi connectivity index (χ0n) is 28.1. The quantitative estimate of drug-likeness (QED) is 0.163. The van der Waals surface area contributed by atoms with Crippen molar-refractivity contribution in [1.29, 1.82) is 0 Å². The molecule has 268 valence electrons. The molecular weight excluding hydrogens is 658 g/mol. The van der Waals surface area contributed by atoms with Crippen LogP contribution < -0.4 is 15.4 Å². The van der Waals surface area contributed by atoms with E-state index in [-0.39, 0.29) is 44.0 Å². The molecule has 0 radical (unpaired) electrons. The number of methoxy groups -OCH3 is 1. The van der Waals surface area contributed by atoms with Crippen LogP contribution in [0.15, 0.2) is 72.8 Å². The van der Waals surface area contributed by atoms with Crippen LogP contribution >= 0.6 is 0 Å². The summed E-state index contributed by atoms with van der Waals surface area (Å²) >= 11 is 0. The number of hydrogen-bond acceptors (Lipinski definition) is 7. The summed E-state index contributed by atoms with van der Waals surface area (Å²) in [5.41, 5.74) is 1.56. The van der Waals surface area contributed by atoms with Gasteiger partial charge in [0.05, 0.1) is 31.6 Å². The molecule has 0 aliphatic rings. The summed E-state index contributed by atoms with van der Waals surface area (Å²) in [5.74, 6) is -1.48. The number of rotatable bonds is 19. The Labute approximate surface area is 287 Å². The summed E-state index contributed by atoms with van der Waals surface area (Å²) in [4.78, 5) is 27.7. The van der Waals surface area contributed by atoms with Crippen LogP contribution in [0.25, 0.3) is 0 Å². The summed E-state index contributed by atoms with van der Waals surface area (Å²) in [6, 6.07) is 16.9. The van der Waals surface area contributed by atoms with Gasteiger partial charge in [0.2, 0.25) is 10.0 Å². The molecule has 0 spiro atoms. The normalized spacial score (nSPS) is 12.6. The number of urea groups is 1. The minimum absolute atomic E-state index is 0.000722. The number of carbonyl (C=O) groups excluding carboxylic acids is 2. The molecule has 2 unspecified atom stereocenters. The first-order valence-corrected chi connectivity index (χ1v) is 17.8. The Kier molecular flexibility index (Phi) is 15.7. The van der Waals surface area contributed by atoms with Crippen LogP contribution in [0.3, 0.4) is 0 Å². The number of aliphatic hydroxyl groups is 1. The average molecular weight is 705 g/mol. The van der Waals surface area contributed by atoms with Crippen molar-refractivity contribution in [2.45, 2.75) is 58.4 Å². The Balaban J connectivity index is 1.80. The van der Waals surface area contributed by atoms with Crippen LogP contribution in [-0.2, 0) is 34.3 Å². The van der Waals surface area contributed by atoms with E-state index in [2.05, 4.69) is 10.6 Å². The molecule has 3 N–H and O–H groups in total. The maximum Gasteiger partial charge on any atom is 0.410 e. The van der Waals surface area contributed by atoms with Gasteiger partial charge in [0, 0.05) is 32.2 Å². The monoisotopic (exact) mass is 704 g/mol. The number of amides is 3. The van der Waals surface area contributed by atoms with Crippen LogP contribution in [0.4, 0.5) is 18.4 Å². The Morgan fingerprint density at radius 2 is 1.55 bits per heavy atom. The van der Waals surface area contributed by atoms with Crippen molar-refractivity contribution in [3.8, 4) is 5.75 Å². The molecule has 49 heavy (non-hydrogen) atoms. The highest BCUT2D eigenvalue weighted by Gasteiger charge is 2.28. The Morgan fingerprint density at radius 1 is 0.898 bits per heavy atom. The summed E-state index contributed by atoms with van der Waals surface area (Å²) in [5, 5.41) is 16.6.